The molecule has 1 aliphatic rings. The number of guanidine groups is 1. The Labute approximate surface area is 188 Å². The minimum atomic E-state index is -0.203. The van der Waals surface area contributed by atoms with Gasteiger partial charge in [0, 0.05) is 37.5 Å². The molecule has 1 heterocycles. The van der Waals surface area contributed by atoms with Gasteiger partial charge in [-0.1, -0.05) is 24.3 Å². The molecule has 2 aromatic rings. The van der Waals surface area contributed by atoms with E-state index in [1.54, 1.807) is 11.8 Å². The number of benzene rings is 2. The van der Waals surface area contributed by atoms with E-state index in [-0.39, 0.29) is 11.7 Å². The Morgan fingerprint density at radius 1 is 1.13 bits per heavy atom. The second-order valence-electron chi connectivity index (χ2n) is 7.47. The van der Waals surface area contributed by atoms with Crippen molar-refractivity contribution in [2.75, 3.05) is 25.4 Å². The third-order valence-corrected chi connectivity index (χ3v) is 6.20. The van der Waals surface area contributed by atoms with Crippen molar-refractivity contribution in [1.29, 1.82) is 0 Å². The molecular formula is C24H31FN4OS. The van der Waals surface area contributed by atoms with Gasteiger partial charge in [0.1, 0.15) is 5.82 Å². The number of thioether (sulfide) groups is 1. The van der Waals surface area contributed by atoms with Gasteiger partial charge in [-0.05, 0) is 60.9 Å². The van der Waals surface area contributed by atoms with Crippen LogP contribution in [0, 0.1) is 5.82 Å². The highest BCUT2D eigenvalue weighted by molar-refractivity contribution is 7.99. The van der Waals surface area contributed by atoms with Gasteiger partial charge in [-0.15, -0.1) is 11.8 Å². The van der Waals surface area contributed by atoms with Gasteiger partial charge in [0.2, 0.25) is 5.91 Å². The number of hydrogen-bond donors (Lipinski definition) is 2. The molecule has 0 radical (unpaired) electrons. The standard InChI is InChI=1S/C24H31FN4OS/c1-2-26-24(27-14-6-16-31-22-12-10-21(25)11-13-22)28-17-19-7-3-4-8-20(19)18-29-15-5-9-23(29)30/h3-4,7-8,10-13H,2,5-6,9,14-18H2,1H3,(H2,26,27,28). The first kappa shape index (κ1) is 23.1. The summed E-state index contributed by atoms with van der Waals surface area (Å²) >= 11 is 1.72. The van der Waals surface area contributed by atoms with Crippen LogP contribution in [0.5, 0.6) is 0 Å². The molecule has 7 heteroatoms. The Balaban J connectivity index is 1.48. The van der Waals surface area contributed by atoms with Gasteiger partial charge in [0.25, 0.3) is 0 Å². The molecule has 0 unspecified atom stereocenters. The molecule has 2 aromatic carbocycles. The molecule has 166 valence electrons. The van der Waals surface area contributed by atoms with E-state index in [9.17, 15) is 9.18 Å². The molecule has 1 fully saturated rings. The number of aliphatic imine (C=N–C) groups is 1. The minimum absolute atomic E-state index is 0.203. The van der Waals surface area contributed by atoms with Crippen LogP contribution in [0.3, 0.4) is 0 Å². The molecule has 1 aliphatic heterocycles. The van der Waals surface area contributed by atoms with Gasteiger partial charge < -0.3 is 15.5 Å². The Morgan fingerprint density at radius 2 is 1.90 bits per heavy atom. The van der Waals surface area contributed by atoms with Crippen LogP contribution in [0.2, 0.25) is 0 Å². The number of rotatable bonds is 10. The number of halogens is 1. The first-order valence-corrected chi connectivity index (χ1v) is 11.9. The Hall–Kier alpha value is -2.54. The molecule has 0 aromatic heterocycles. The van der Waals surface area contributed by atoms with Crippen LogP contribution in [-0.4, -0.2) is 42.2 Å². The SMILES string of the molecule is CCNC(=NCc1ccccc1CN1CCCC1=O)NCCCSc1ccc(F)cc1. The van der Waals surface area contributed by atoms with E-state index in [0.29, 0.717) is 19.5 Å². The Kier molecular flexibility index (Phi) is 9.21. The first-order valence-electron chi connectivity index (χ1n) is 10.9. The van der Waals surface area contributed by atoms with E-state index in [2.05, 4.69) is 29.7 Å². The number of carbonyl (C=O) groups is 1. The molecule has 5 nitrogen and oxygen atoms in total. The number of likely N-dealkylation sites (tertiary alicyclic amines) is 1. The summed E-state index contributed by atoms with van der Waals surface area (Å²) in [6.45, 7) is 5.72. The lowest BCUT2D eigenvalue weighted by Crippen LogP contribution is -2.37. The number of hydrogen-bond acceptors (Lipinski definition) is 3. The van der Waals surface area contributed by atoms with Gasteiger partial charge in [0.05, 0.1) is 6.54 Å². The predicted octanol–water partition coefficient (Wildman–Crippen LogP) is 4.19. The van der Waals surface area contributed by atoms with Gasteiger partial charge in [-0.2, -0.15) is 0 Å². The van der Waals surface area contributed by atoms with Crippen molar-refractivity contribution in [1.82, 2.24) is 15.5 Å². The van der Waals surface area contributed by atoms with Crippen molar-refractivity contribution in [2.24, 2.45) is 4.99 Å². The van der Waals surface area contributed by atoms with Crippen molar-refractivity contribution >= 4 is 23.6 Å². The fraction of sp³-hybridized carbons (Fsp3) is 0.417. The summed E-state index contributed by atoms with van der Waals surface area (Å²) in [6.07, 6.45) is 2.58. The minimum Gasteiger partial charge on any atom is -0.357 e. The molecular weight excluding hydrogens is 411 g/mol. The largest absolute Gasteiger partial charge is 0.357 e. The van der Waals surface area contributed by atoms with Crippen LogP contribution in [0.25, 0.3) is 0 Å². The summed E-state index contributed by atoms with van der Waals surface area (Å²) < 4.78 is 13.0. The third-order valence-electron chi connectivity index (χ3n) is 5.10. The van der Waals surface area contributed by atoms with E-state index >= 15 is 0 Å². The van der Waals surface area contributed by atoms with Gasteiger partial charge >= 0.3 is 0 Å². The first-order chi connectivity index (χ1) is 15.2. The average molecular weight is 443 g/mol. The van der Waals surface area contributed by atoms with Crippen molar-refractivity contribution in [2.45, 2.75) is 44.2 Å². The second kappa shape index (κ2) is 12.3. The lowest BCUT2D eigenvalue weighted by Gasteiger charge is -2.18. The van der Waals surface area contributed by atoms with Crippen molar-refractivity contribution in [3.63, 3.8) is 0 Å². The van der Waals surface area contributed by atoms with Crippen molar-refractivity contribution < 1.29 is 9.18 Å². The molecule has 0 aliphatic carbocycles. The Bertz CT molecular complexity index is 872. The number of amides is 1. The van der Waals surface area contributed by atoms with Crippen LogP contribution in [0.1, 0.15) is 37.3 Å². The fourth-order valence-electron chi connectivity index (χ4n) is 3.45. The number of nitrogens with one attached hydrogen (secondary N) is 2. The quantitative estimate of drug-likeness (QED) is 0.251. The highest BCUT2D eigenvalue weighted by atomic mass is 32.2. The highest BCUT2D eigenvalue weighted by Gasteiger charge is 2.20. The molecule has 0 atom stereocenters. The lowest BCUT2D eigenvalue weighted by atomic mass is 10.1. The molecule has 0 bridgehead atoms. The van der Waals surface area contributed by atoms with E-state index in [1.807, 2.05) is 29.2 Å². The monoisotopic (exact) mass is 442 g/mol. The molecule has 2 N–H and O–H groups in total. The summed E-state index contributed by atoms with van der Waals surface area (Å²) in [5.41, 5.74) is 2.30. The molecule has 1 amide bonds. The topological polar surface area (TPSA) is 56.7 Å². The maximum Gasteiger partial charge on any atom is 0.222 e. The van der Waals surface area contributed by atoms with E-state index in [0.717, 1.165) is 60.2 Å². The summed E-state index contributed by atoms with van der Waals surface area (Å²) in [5, 5.41) is 6.68. The smallest absolute Gasteiger partial charge is 0.222 e. The maximum atomic E-state index is 13.0. The maximum absolute atomic E-state index is 13.0. The zero-order chi connectivity index (χ0) is 21.9. The normalized spacial score (nSPS) is 14.2. The van der Waals surface area contributed by atoms with E-state index in [1.165, 1.54) is 12.1 Å². The average Bonchev–Trinajstić information content (AvgIpc) is 3.18. The fourth-order valence-corrected chi connectivity index (χ4v) is 4.30. The van der Waals surface area contributed by atoms with Crippen LogP contribution in [0.15, 0.2) is 58.4 Å². The summed E-state index contributed by atoms with van der Waals surface area (Å²) in [4.78, 5) is 19.7. The Morgan fingerprint density at radius 3 is 2.61 bits per heavy atom. The van der Waals surface area contributed by atoms with Crippen LogP contribution in [0.4, 0.5) is 4.39 Å². The van der Waals surface area contributed by atoms with Crippen LogP contribution in [-0.2, 0) is 17.9 Å². The number of carbonyl (C=O) groups excluding carboxylic acids is 1. The molecule has 0 saturated carbocycles. The molecule has 3 rings (SSSR count). The molecule has 31 heavy (non-hydrogen) atoms. The van der Waals surface area contributed by atoms with E-state index in [4.69, 9.17) is 4.99 Å². The van der Waals surface area contributed by atoms with Gasteiger partial charge in [-0.25, -0.2) is 9.38 Å². The van der Waals surface area contributed by atoms with Crippen LogP contribution >= 0.6 is 11.8 Å². The summed E-state index contributed by atoms with van der Waals surface area (Å²) in [5.74, 6) is 1.78. The second-order valence-corrected chi connectivity index (χ2v) is 8.63. The van der Waals surface area contributed by atoms with Gasteiger partial charge in [-0.3, -0.25) is 4.79 Å². The zero-order valence-corrected chi connectivity index (χ0v) is 18.9. The lowest BCUT2D eigenvalue weighted by molar-refractivity contribution is -0.128. The van der Waals surface area contributed by atoms with E-state index < -0.39 is 0 Å². The molecule has 0 spiro atoms. The van der Waals surface area contributed by atoms with Crippen LogP contribution < -0.4 is 10.6 Å². The highest BCUT2D eigenvalue weighted by Crippen LogP contribution is 2.19. The third kappa shape index (κ3) is 7.58. The van der Waals surface area contributed by atoms with Gasteiger partial charge in [0.15, 0.2) is 5.96 Å². The van der Waals surface area contributed by atoms with Crippen molar-refractivity contribution in [3.8, 4) is 0 Å². The number of nitrogens with zero attached hydrogens (tertiary/aromatic N) is 2. The zero-order valence-electron chi connectivity index (χ0n) is 18.1. The molecule has 1 saturated heterocycles. The van der Waals surface area contributed by atoms with Crippen molar-refractivity contribution in [3.05, 3.63) is 65.5 Å². The predicted molar refractivity (Wildman–Crippen MR) is 126 cm³/mol. The summed E-state index contributed by atoms with van der Waals surface area (Å²) in [6, 6.07) is 14.8. The summed E-state index contributed by atoms with van der Waals surface area (Å²) in [7, 11) is 0.